The number of hydrogen-bond acceptors (Lipinski definition) is 4. The second kappa shape index (κ2) is 8.92. The van der Waals surface area contributed by atoms with Gasteiger partial charge in [-0.05, 0) is 46.1 Å². The third-order valence-electron chi connectivity index (χ3n) is 3.92. The van der Waals surface area contributed by atoms with Gasteiger partial charge in [-0.2, -0.15) is 11.8 Å². The van der Waals surface area contributed by atoms with Crippen LogP contribution in [0.5, 0.6) is 0 Å². The smallest absolute Gasteiger partial charge is 0.224 e. The number of benzene rings is 1. The van der Waals surface area contributed by atoms with Gasteiger partial charge in [0, 0.05) is 33.9 Å². The van der Waals surface area contributed by atoms with Crippen molar-refractivity contribution in [3.63, 3.8) is 0 Å². The summed E-state index contributed by atoms with van der Waals surface area (Å²) < 4.78 is 6.76. The average Bonchev–Trinajstić information content (AvgIpc) is 3.20. The molecular weight excluding hydrogens is 418 g/mol. The molecule has 0 saturated carbocycles. The molecule has 0 aliphatic heterocycles. The van der Waals surface area contributed by atoms with E-state index in [-0.39, 0.29) is 5.91 Å². The van der Waals surface area contributed by atoms with Crippen LogP contribution < -0.4 is 5.32 Å². The van der Waals surface area contributed by atoms with Crippen LogP contribution in [-0.2, 0) is 23.4 Å². The lowest BCUT2D eigenvalue weighted by molar-refractivity contribution is -0.120. The van der Waals surface area contributed by atoms with Crippen LogP contribution in [0.15, 0.2) is 44.8 Å². The molecule has 2 heterocycles. The van der Waals surface area contributed by atoms with Crippen molar-refractivity contribution in [2.75, 3.05) is 12.3 Å². The van der Waals surface area contributed by atoms with Gasteiger partial charge in [0.15, 0.2) is 0 Å². The summed E-state index contributed by atoms with van der Waals surface area (Å²) in [5, 5.41) is 4.02. The topological polar surface area (TPSA) is 42.2 Å². The van der Waals surface area contributed by atoms with Crippen molar-refractivity contribution in [3.05, 3.63) is 56.4 Å². The highest BCUT2D eigenvalue weighted by Gasteiger charge is 2.10. The van der Waals surface area contributed by atoms with Crippen molar-refractivity contribution in [2.45, 2.75) is 25.5 Å². The minimum atomic E-state index is 0.0433. The Morgan fingerprint density at radius 3 is 2.96 bits per heavy atom. The van der Waals surface area contributed by atoms with Gasteiger partial charge in [-0.15, -0.1) is 11.3 Å². The Labute approximate surface area is 164 Å². The zero-order chi connectivity index (χ0) is 17.6. The number of carbonyl (C=O) groups is 1. The van der Waals surface area contributed by atoms with Gasteiger partial charge in [0.25, 0.3) is 0 Å². The number of rotatable bonds is 8. The number of fused-ring (bicyclic) bond motifs is 1. The van der Waals surface area contributed by atoms with Crippen LogP contribution in [0, 0.1) is 0 Å². The Morgan fingerprint density at radius 1 is 1.32 bits per heavy atom. The number of halogens is 1. The van der Waals surface area contributed by atoms with Crippen molar-refractivity contribution in [3.8, 4) is 0 Å². The van der Waals surface area contributed by atoms with E-state index in [0.29, 0.717) is 13.0 Å². The molecule has 1 aromatic carbocycles. The number of aryl methyl sites for hydroxylation is 1. The minimum absolute atomic E-state index is 0.0433. The lowest BCUT2D eigenvalue weighted by atomic mass is 10.1. The van der Waals surface area contributed by atoms with Gasteiger partial charge in [0.1, 0.15) is 5.58 Å². The number of furan rings is 1. The Balaban J connectivity index is 1.43. The first-order chi connectivity index (χ1) is 12.2. The SMILES string of the molecule is CCc1ccc2c(CC(=O)NCCSCc3ccc(Br)s3)coc2c1. The van der Waals surface area contributed by atoms with Crippen molar-refractivity contribution >= 4 is 55.9 Å². The summed E-state index contributed by atoms with van der Waals surface area (Å²) in [6.07, 6.45) is 3.04. The van der Waals surface area contributed by atoms with Crippen LogP contribution in [0.3, 0.4) is 0 Å². The molecule has 0 fully saturated rings. The molecule has 0 spiro atoms. The molecule has 25 heavy (non-hydrogen) atoms. The Morgan fingerprint density at radius 2 is 2.20 bits per heavy atom. The molecule has 3 nitrogen and oxygen atoms in total. The van der Waals surface area contributed by atoms with E-state index in [1.54, 1.807) is 17.6 Å². The zero-order valence-electron chi connectivity index (χ0n) is 14.0. The highest BCUT2D eigenvalue weighted by Crippen LogP contribution is 2.25. The number of hydrogen-bond donors (Lipinski definition) is 1. The highest BCUT2D eigenvalue weighted by atomic mass is 79.9. The maximum Gasteiger partial charge on any atom is 0.224 e. The van der Waals surface area contributed by atoms with E-state index in [0.717, 1.165) is 38.2 Å². The van der Waals surface area contributed by atoms with Gasteiger partial charge in [-0.3, -0.25) is 4.79 Å². The van der Waals surface area contributed by atoms with E-state index >= 15 is 0 Å². The van der Waals surface area contributed by atoms with E-state index in [9.17, 15) is 4.79 Å². The molecule has 132 valence electrons. The number of amides is 1. The molecule has 6 heteroatoms. The van der Waals surface area contributed by atoms with E-state index in [2.05, 4.69) is 58.5 Å². The van der Waals surface area contributed by atoms with Crippen molar-refractivity contribution in [1.82, 2.24) is 5.32 Å². The van der Waals surface area contributed by atoms with Gasteiger partial charge >= 0.3 is 0 Å². The first kappa shape index (κ1) is 18.5. The van der Waals surface area contributed by atoms with Crippen LogP contribution in [-0.4, -0.2) is 18.2 Å². The van der Waals surface area contributed by atoms with E-state index < -0.39 is 0 Å². The fourth-order valence-corrected chi connectivity index (χ4v) is 5.04. The predicted octanol–water partition coefficient (Wildman–Crippen LogP) is 5.41. The largest absolute Gasteiger partial charge is 0.464 e. The molecule has 1 N–H and O–H groups in total. The quantitative estimate of drug-likeness (QED) is 0.478. The lowest BCUT2D eigenvalue weighted by Gasteiger charge is -2.04. The molecule has 0 radical (unpaired) electrons. The molecule has 0 aliphatic carbocycles. The maximum absolute atomic E-state index is 12.1. The Bertz CT molecular complexity index is 856. The summed E-state index contributed by atoms with van der Waals surface area (Å²) in [6.45, 7) is 2.81. The van der Waals surface area contributed by atoms with Gasteiger partial charge in [-0.25, -0.2) is 0 Å². The summed E-state index contributed by atoms with van der Waals surface area (Å²) in [4.78, 5) is 13.5. The van der Waals surface area contributed by atoms with Crippen molar-refractivity contribution < 1.29 is 9.21 Å². The van der Waals surface area contributed by atoms with Gasteiger partial charge in [0.05, 0.1) is 16.5 Å². The standard InChI is InChI=1S/C19H20BrNO2S2/c1-2-13-3-5-16-14(11-23-17(16)9-13)10-19(22)21-7-8-24-12-15-4-6-18(20)25-15/h3-6,9,11H,2,7-8,10,12H2,1H3,(H,21,22). The molecule has 0 aliphatic rings. The second-order valence-electron chi connectivity index (χ2n) is 5.73. The molecule has 0 unspecified atom stereocenters. The normalized spacial score (nSPS) is 11.1. The molecular formula is C19H20BrNO2S2. The van der Waals surface area contributed by atoms with E-state index in [4.69, 9.17) is 4.42 Å². The van der Waals surface area contributed by atoms with Crippen LogP contribution in [0.1, 0.15) is 22.9 Å². The molecule has 0 bridgehead atoms. The zero-order valence-corrected chi connectivity index (χ0v) is 17.2. The van der Waals surface area contributed by atoms with Crippen LogP contribution >= 0.6 is 39.0 Å². The molecule has 0 atom stereocenters. The highest BCUT2D eigenvalue weighted by molar-refractivity contribution is 9.11. The molecule has 0 saturated heterocycles. The molecule has 2 aromatic heterocycles. The first-order valence-corrected chi connectivity index (χ1v) is 11.0. The van der Waals surface area contributed by atoms with E-state index in [1.807, 2.05) is 11.8 Å². The summed E-state index contributed by atoms with van der Waals surface area (Å²) in [5.41, 5.74) is 3.05. The number of thiophene rings is 1. The fraction of sp³-hybridized carbons (Fsp3) is 0.316. The van der Waals surface area contributed by atoms with Crippen LogP contribution in [0.4, 0.5) is 0 Å². The van der Waals surface area contributed by atoms with Gasteiger partial charge in [-0.1, -0.05) is 19.1 Å². The van der Waals surface area contributed by atoms with Gasteiger partial charge in [0.2, 0.25) is 5.91 Å². The van der Waals surface area contributed by atoms with Gasteiger partial charge < -0.3 is 9.73 Å². The lowest BCUT2D eigenvalue weighted by Crippen LogP contribution is -2.27. The minimum Gasteiger partial charge on any atom is -0.464 e. The summed E-state index contributed by atoms with van der Waals surface area (Å²) in [5.74, 6) is 1.94. The monoisotopic (exact) mass is 437 g/mol. The Kier molecular flexibility index (Phi) is 6.62. The Hall–Kier alpha value is -1.24. The molecule has 3 aromatic rings. The maximum atomic E-state index is 12.1. The number of nitrogens with one attached hydrogen (secondary N) is 1. The van der Waals surface area contributed by atoms with Crippen LogP contribution in [0.2, 0.25) is 0 Å². The third-order valence-corrected chi connectivity index (χ3v) is 6.74. The molecule has 3 rings (SSSR count). The fourth-order valence-electron chi connectivity index (χ4n) is 2.58. The summed E-state index contributed by atoms with van der Waals surface area (Å²) in [7, 11) is 0. The number of thioether (sulfide) groups is 1. The second-order valence-corrected chi connectivity index (χ2v) is 9.38. The van der Waals surface area contributed by atoms with Crippen molar-refractivity contribution in [2.24, 2.45) is 0 Å². The van der Waals surface area contributed by atoms with E-state index in [1.165, 1.54) is 10.4 Å². The predicted molar refractivity (Wildman–Crippen MR) is 110 cm³/mol. The average molecular weight is 438 g/mol. The summed E-state index contributed by atoms with van der Waals surface area (Å²) in [6, 6.07) is 10.4. The molecule has 1 amide bonds. The first-order valence-electron chi connectivity index (χ1n) is 8.23. The third kappa shape index (κ3) is 5.12. The van der Waals surface area contributed by atoms with Crippen LogP contribution in [0.25, 0.3) is 11.0 Å². The van der Waals surface area contributed by atoms with Crippen molar-refractivity contribution in [1.29, 1.82) is 0 Å². The number of carbonyl (C=O) groups excluding carboxylic acids is 1. The summed E-state index contributed by atoms with van der Waals surface area (Å²) >= 11 is 7.06.